The number of urea groups is 1. The lowest BCUT2D eigenvalue weighted by molar-refractivity contribution is -0.131. The fourth-order valence-corrected chi connectivity index (χ4v) is 1.28. The van der Waals surface area contributed by atoms with Gasteiger partial charge >= 0.3 is 12.0 Å². The lowest BCUT2D eigenvalue weighted by Crippen LogP contribution is -2.33. The first-order chi connectivity index (χ1) is 8.88. The molecule has 3 N–H and O–H groups in total. The highest BCUT2D eigenvalue weighted by Gasteiger charge is 2.06. The number of carbonyl (C=O) groups excluding carboxylic acids is 2. The van der Waals surface area contributed by atoms with E-state index in [2.05, 4.69) is 5.32 Å². The van der Waals surface area contributed by atoms with Gasteiger partial charge in [0.2, 0.25) is 0 Å². The highest BCUT2D eigenvalue weighted by Crippen LogP contribution is 2.13. The lowest BCUT2D eigenvalue weighted by Gasteiger charge is -2.07. The number of hydrogen-bond donors (Lipinski definition) is 3. The summed E-state index contributed by atoms with van der Waals surface area (Å²) in [5.74, 6) is -2.06. The fraction of sp³-hybridized carbons (Fsp3) is 0.154. The maximum absolute atomic E-state index is 11.4. The van der Waals surface area contributed by atoms with Gasteiger partial charge in [-0.2, -0.15) is 0 Å². The Labute approximate surface area is 110 Å². The number of aryl methyl sites for hydroxylation is 2. The zero-order chi connectivity index (χ0) is 14.4. The molecule has 0 fully saturated rings. The third kappa shape index (κ3) is 5.03. The molecular weight excluding hydrogens is 248 g/mol. The molecule has 0 bridgehead atoms. The second-order valence-corrected chi connectivity index (χ2v) is 3.91. The van der Waals surface area contributed by atoms with Crippen LogP contribution < -0.4 is 10.6 Å². The number of aliphatic carboxylic acids is 1. The van der Waals surface area contributed by atoms with Gasteiger partial charge in [-0.15, -0.1) is 0 Å². The summed E-state index contributed by atoms with van der Waals surface area (Å²) in [6.07, 6.45) is 1.42. The van der Waals surface area contributed by atoms with Crippen molar-refractivity contribution in [3.05, 3.63) is 41.5 Å². The van der Waals surface area contributed by atoms with Crippen LogP contribution in [0.25, 0.3) is 0 Å². The molecule has 3 amide bonds. The summed E-state index contributed by atoms with van der Waals surface area (Å²) >= 11 is 0. The highest BCUT2D eigenvalue weighted by atomic mass is 16.4. The van der Waals surface area contributed by atoms with Crippen LogP contribution in [0.1, 0.15) is 11.1 Å². The van der Waals surface area contributed by atoms with Crippen molar-refractivity contribution in [1.82, 2.24) is 5.32 Å². The van der Waals surface area contributed by atoms with Gasteiger partial charge in [0, 0.05) is 17.8 Å². The average Bonchev–Trinajstić information content (AvgIpc) is 2.31. The molecule has 0 aliphatic heterocycles. The monoisotopic (exact) mass is 262 g/mol. The van der Waals surface area contributed by atoms with E-state index in [-0.39, 0.29) is 0 Å². The molecular formula is C13H14N2O4. The van der Waals surface area contributed by atoms with E-state index >= 15 is 0 Å². The molecule has 1 aromatic rings. The Morgan fingerprint density at radius 3 is 2.37 bits per heavy atom. The van der Waals surface area contributed by atoms with Gasteiger partial charge in [0.05, 0.1) is 0 Å². The van der Waals surface area contributed by atoms with Crippen molar-refractivity contribution >= 4 is 23.6 Å². The van der Waals surface area contributed by atoms with E-state index in [1.54, 1.807) is 12.1 Å². The molecule has 0 saturated heterocycles. The molecule has 0 aliphatic rings. The van der Waals surface area contributed by atoms with Crippen molar-refractivity contribution in [3.63, 3.8) is 0 Å². The smallest absolute Gasteiger partial charge is 0.328 e. The maximum atomic E-state index is 11.4. The summed E-state index contributed by atoms with van der Waals surface area (Å²) in [7, 11) is 0. The van der Waals surface area contributed by atoms with Crippen LogP contribution in [0.3, 0.4) is 0 Å². The number of carboxylic acids is 1. The number of rotatable bonds is 3. The van der Waals surface area contributed by atoms with Crippen LogP contribution in [0, 0.1) is 13.8 Å². The van der Waals surface area contributed by atoms with Gasteiger partial charge in [-0.05, 0) is 37.1 Å². The first-order valence-electron chi connectivity index (χ1n) is 5.48. The fourth-order valence-electron chi connectivity index (χ4n) is 1.28. The Bertz CT molecular complexity index is 550. The molecule has 0 aromatic heterocycles. The maximum Gasteiger partial charge on any atom is 0.328 e. The Balaban J connectivity index is 2.58. The van der Waals surface area contributed by atoms with Crippen LogP contribution in [0.15, 0.2) is 30.4 Å². The molecule has 6 heteroatoms. The molecule has 1 aromatic carbocycles. The molecule has 0 unspecified atom stereocenters. The molecule has 6 nitrogen and oxygen atoms in total. The third-order valence-electron chi connectivity index (χ3n) is 2.38. The normalized spacial score (nSPS) is 10.2. The second kappa shape index (κ2) is 6.34. The minimum absolute atomic E-state index is 0.551. The van der Waals surface area contributed by atoms with Gasteiger partial charge < -0.3 is 10.4 Å². The number of carboxylic acid groups (broad SMARTS) is 1. The Morgan fingerprint density at radius 2 is 1.79 bits per heavy atom. The average molecular weight is 262 g/mol. The van der Waals surface area contributed by atoms with Crippen molar-refractivity contribution in [1.29, 1.82) is 0 Å². The van der Waals surface area contributed by atoms with Gasteiger partial charge in [0.15, 0.2) is 0 Å². The van der Waals surface area contributed by atoms with E-state index in [0.717, 1.165) is 17.2 Å². The van der Waals surface area contributed by atoms with Crippen LogP contribution in [-0.4, -0.2) is 23.0 Å². The van der Waals surface area contributed by atoms with Gasteiger partial charge in [0.25, 0.3) is 5.91 Å². The SMILES string of the molecule is Cc1ccc(NC(=O)NC(=O)/C=C/C(=O)O)cc1C. The Hall–Kier alpha value is -2.63. The van der Waals surface area contributed by atoms with E-state index in [4.69, 9.17) is 5.11 Å². The number of imide groups is 1. The molecule has 0 spiro atoms. The number of benzene rings is 1. The number of hydrogen-bond acceptors (Lipinski definition) is 3. The van der Waals surface area contributed by atoms with Crippen LogP contribution in [-0.2, 0) is 9.59 Å². The lowest BCUT2D eigenvalue weighted by atomic mass is 10.1. The van der Waals surface area contributed by atoms with Crippen LogP contribution in [0.2, 0.25) is 0 Å². The standard InChI is InChI=1S/C13H14N2O4/c1-8-3-4-10(7-9(8)2)14-13(19)15-11(16)5-6-12(17)18/h3-7H,1-2H3,(H,17,18)(H2,14,15,16,19)/b6-5+. The zero-order valence-electron chi connectivity index (χ0n) is 10.6. The van der Waals surface area contributed by atoms with Gasteiger partial charge in [-0.1, -0.05) is 6.07 Å². The molecule has 0 heterocycles. The molecule has 0 aliphatic carbocycles. The predicted molar refractivity (Wildman–Crippen MR) is 69.9 cm³/mol. The summed E-state index contributed by atoms with van der Waals surface area (Å²) in [6, 6.07) is 4.60. The third-order valence-corrected chi connectivity index (χ3v) is 2.38. The van der Waals surface area contributed by atoms with Crippen LogP contribution in [0.5, 0.6) is 0 Å². The number of carbonyl (C=O) groups is 3. The molecule has 0 atom stereocenters. The van der Waals surface area contributed by atoms with Crippen molar-refractivity contribution < 1.29 is 19.5 Å². The number of nitrogens with one attached hydrogen (secondary N) is 2. The van der Waals surface area contributed by atoms with E-state index in [1.165, 1.54) is 0 Å². The number of amides is 3. The first kappa shape index (κ1) is 14.4. The summed E-state index contributed by atoms with van der Waals surface area (Å²) in [4.78, 5) is 32.8. The van der Waals surface area contributed by atoms with E-state index in [0.29, 0.717) is 11.8 Å². The van der Waals surface area contributed by atoms with E-state index in [1.807, 2.05) is 25.2 Å². The van der Waals surface area contributed by atoms with Crippen molar-refractivity contribution in [2.24, 2.45) is 0 Å². The summed E-state index contributed by atoms with van der Waals surface area (Å²) in [6.45, 7) is 3.85. The van der Waals surface area contributed by atoms with Crippen LogP contribution in [0.4, 0.5) is 10.5 Å². The minimum atomic E-state index is -1.26. The van der Waals surface area contributed by atoms with Crippen LogP contribution >= 0.6 is 0 Å². The topological polar surface area (TPSA) is 95.5 Å². The molecule has 1 rings (SSSR count). The largest absolute Gasteiger partial charge is 0.478 e. The molecule has 100 valence electrons. The first-order valence-corrected chi connectivity index (χ1v) is 5.48. The summed E-state index contributed by atoms with van der Waals surface area (Å²) < 4.78 is 0. The minimum Gasteiger partial charge on any atom is -0.478 e. The van der Waals surface area contributed by atoms with Crippen molar-refractivity contribution in [2.75, 3.05) is 5.32 Å². The molecule has 0 radical (unpaired) electrons. The van der Waals surface area contributed by atoms with E-state index in [9.17, 15) is 14.4 Å². The second-order valence-electron chi connectivity index (χ2n) is 3.91. The predicted octanol–water partition coefficient (Wildman–Crippen LogP) is 1.59. The summed E-state index contributed by atoms with van der Waals surface area (Å²) in [5, 5.41) is 12.8. The zero-order valence-corrected chi connectivity index (χ0v) is 10.6. The van der Waals surface area contributed by atoms with Crippen molar-refractivity contribution in [2.45, 2.75) is 13.8 Å². The Morgan fingerprint density at radius 1 is 1.11 bits per heavy atom. The van der Waals surface area contributed by atoms with Gasteiger partial charge in [-0.3, -0.25) is 10.1 Å². The molecule has 19 heavy (non-hydrogen) atoms. The highest BCUT2D eigenvalue weighted by molar-refractivity contribution is 6.06. The van der Waals surface area contributed by atoms with E-state index < -0.39 is 17.9 Å². The van der Waals surface area contributed by atoms with Gasteiger partial charge in [-0.25, -0.2) is 9.59 Å². The van der Waals surface area contributed by atoms with Crippen molar-refractivity contribution in [3.8, 4) is 0 Å². The molecule has 0 saturated carbocycles. The quantitative estimate of drug-likeness (QED) is 0.721. The Kier molecular flexibility index (Phi) is 4.82. The summed E-state index contributed by atoms with van der Waals surface area (Å²) in [5.41, 5.74) is 2.65. The number of anilines is 1. The van der Waals surface area contributed by atoms with Gasteiger partial charge in [0.1, 0.15) is 0 Å².